The Morgan fingerprint density at radius 3 is 2.36 bits per heavy atom. The molecule has 6 heteroatoms. The average molecular weight is 506 g/mol. The second-order valence-electron chi connectivity index (χ2n) is 8.16. The molecule has 1 heterocycles. The number of anilines is 1. The molecular weight excluding hydrogens is 482 g/mol. The molecule has 168 valence electrons. The maximum atomic E-state index is 13.4. The van der Waals surface area contributed by atoms with E-state index in [2.05, 4.69) is 15.9 Å². The van der Waals surface area contributed by atoms with Crippen molar-refractivity contribution in [3.63, 3.8) is 0 Å². The second-order valence-corrected chi connectivity index (χ2v) is 9.02. The van der Waals surface area contributed by atoms with Gasteiger partial charge in [0.15, 0.2) is 0 Å². The summed E-state index contributed by atoms with van der Waals surface area (Å²) in [6.07, 6.45) is 0. The molecule has 1 atom stereocenters. The molecule has 0 radical (unpaired) electrons. The van der Waals surface area contributed by atoms with Gasteiger partial charge in [0.1, 0.15) is 11.5 Å². The molecule has 1 N–H and O–H groups in total. The Labute approximate surface area is 201 Å². The highest BCUT2D eigenvalue weighted by Crippen LogP contribution is 2.45. The summed E-state index contributed by atoms with van der Waals surface area (Å²) in [5.74, 6) is -1.11. The number of para-hydroxylation sites is 1. The SMILES string of the molecule is COc1ccccc1C1/C(=C(\O)c2ccc(Br)c(C)c2)C(=O)C(=O)N1c1ccc(C)cc1C. The number of ketones is 1. The highest BCUT2D eigenvalue weighted by atomic mass is 79.9. The number of aliphatic hydroxyl groups excluding tert-OH is 1. The van der Waals surface area contributed by atoms with Gasteiger partial charge in [-0.2, -0.15) is 0 Å². The van der Waals surface area contributed by atoms with Crippen molar-refractivity contribution in [3.05, 3.63) is 98.5 Å². The Balaban J connectivity index is 2.01. The number of Topliss-reactive ketones (excluding diaryl/α,β-unsaturated/α-hetero) is 1. The second kappa shape index (κ2) is 8.87. The van der Waals surface area contributed by atoms with Crippen LogP contribution in [0.25, 0.3) is 5.76 Å². The summed E-state index contributed by atoms with van der Waals surface area (Å²) in [5.41, 5.74) is 4.54. The van der Waals surface area contributed by atoms with Gasteiger partial charge in [0, 0.05) is 21.3 Å². The summed E-state index contributed by atoms with van der Waals surface area (Å²) in [5, 5.41) is 11.3. The fourth-order valence-electron chi connectivity index (χ4n) is 4.29. The first kappa shape index (κ1) is 22.8. The molecule has 0 bridgehead atoms. The summed E-state index contributed by atoms with van der Waals surface area (Å²) < 4.78 is 6.46. The number of rotatable bonds is 4. The van der Waals surface area contributed by atoms with Gasteiger partial charge in [0.25, 0.3) is 11.7 Å². The molecule has 1 fully saturated rings. The quantitative estimate of drug-likeness (QED) is 0.268. The van der Waals surface area contributed by atoms with E-state index in [9.17, 15) is 14.7 Å². The lowest BCUT2D eigenvalue weighted by atomic mass is 9.94. The number of ether oxygens (including phenoxy) is 1. The van der Waals surface area contributed by atoms with Crippen molar-refractivity contribution in [3.8, 4) is 5.75 Å². The Morgan fingerprint density at radius 2 is 1.70 bits per heavy atom. The number of halogens is 1. The van der Waals surface area contributed by atoms with Gasteiger partial charge in [-0.3, -0.25) is 14.5 Å². The zero-order chi connectivity index (χ0) is 23.9. The molecular formula is C27H24BrNO4. The summed E-state index contributed by atoms with van der Waals surface area (Å²) in [7, 11) is 1.54. The Hall–Kier alpha value is -3.38. The molecule has 1 saturated heterocycles. The molecule has 33 heavy (non-hydrogen) atoms. The van der Waals surface area contributed by atoms with Crippen LogP contribution in [0, 0.1) is 20.8 Å². The Bertz CT molecular complexity index is 1310. The minimum Gasteiger partial charge on any atom is -0.507 e. The molecule has 3 aromatic carbocycles. The normalized spacial score (nSPS) is 17.5. The molecule has 0 aliphatic carbocycles. The van der Waals surface area contributed by atoms with Crippen LogP contribution in [0.5, 0.6) is 5.75 Å². The number of benzene rings is 3. The van der Waals surface area contributed by atoms with Crippen LogP contribution in [0.15, 0.2) is 70.7 Å². The zero-order valence-corrected chi connectivity index (χ0v) is 20.4. The fourth-order valence-corrected chi connectivity index (χ4v) is 4.54. The average Bonchev–Trinajstić information content (AvgIpc) is 3.05. The zero-order valence-electron chi connectivity index (χ0n) is 18.8. The first-order valence-corrected chi connectivity index (χ1v) is 11.3. The molecule has 1 aliphatic heterocycles. The number of hydrogen-bond acceptors (Lipinski definition) is 4. The van der Waals surface area contributed by atoms with Gasteiger partial charge in [0.05, 0.1) is 18.7 Å². The first-order chi connectivity index (χ1) is 15.7. The van der Waals surface area contributed by atoms with Crippen molar-refractivity contribution in [2.45, 2.75) is 26.8 Å². The number of nitrogens with zero attached hydrogens (tertiary/aromatic N) is 1. The third-order valence-corrected chi connectivity index (χ3v) is 6.81. The smallest absolute Gasteiger partial charge is 0.300 e. The molecule has 0 saturated carbocycles. The van der Waals surface area contributed by atoms with Crippen LogP contribution < -0.4 is 9.64 Å². The molecule has 0 spiro atoms. The lowest BCUT2D eigenvalue weighted by Crippen LogP contribution is -2.30. The first-order valence-electron chi connectivity index (χ1n) is 10.5. The molecule has 3 aromatic rings. The number of hydrogen-bond donors (Lipinski definition) is 1. The van der Waals surface area contributed by atoms with Crippen LogP contribution in [0.4, 0.5) is 5.69 Å². The summed E-state index contributed by atoms with van der Waals surface area (Å²) in [4.78, 5) is 28.2. The van der Waals surface area contributed by atoms with Crippen molar-refractivity contribution in [1.29, 1.82) is 0 Å². The minimum atomic E-state index is -0.841. The van der Waals surface area contributed by atoms with Crippen LogP contribution in [0.1, 0.15) is 33.9 Å². The van der Waals surface area contributed by atoms with E-state index in [1.807, 2.05) is 63.2 Å². The van der Waals surface area contributed by atoms with Crippen molar-refractivity contribution in [2.24, 2.45) is 0 Å². The lowest BCUT2D eigenvalue weighted by Gasteiger charge is -2.28. The van der Waals surface area contributed by atoms with Crippen LogP contribution in [0.2, 0.25) is 0 Å². The van der Waals surface area contributed by atoms with Crippen molar-refractivity contribution < 1.29 is 19.4 Å². The summed E-state index contributed by atoms with van der Waals surface area (Å²) in [6, 6.07) is 17.4. The number of methoxy groups -OCH3 is 1. The third-order valence-electron chi connectivity index (χ3n) is 5.92. The van der Waals surface area contributed by atoms with E-state index < -0.39 is 17.7 Å². The van der Waals surface area contributed by atoms with E-state index in [0.717, 1.165) is 21.2 Å². The van der Waals surface area contributed by atoms with Gasteiger partial charge in [-0.15, -0.1) is 0 Å². The van der Waals surface area contributed by atoms with E-state index >= 15 is 0 Å². The van der Waals surface area contributed by atoms with E-state index in [0.29, 0.717) is 22.6 Å². The van der Waals surface area contributed by atoms with Crippen molar-refractivity contribution in [2.75, 3.05) is 12.0 Å². The van der Waals surface area contributed by atoms with Crippen LogP contribution in [-0.4, -0.2) is 23.9 Å². The van der Waals surface area contributed by atoms with Crippen molar-refractivity contribution in [1.82, 2.24) is 0 Å². The van der Waals surface area contributed by atoms with Gasteiger partial charge in [-0.25, -0.2) is 0 Å². The predicted molar refractivity (Wildman–Crippen MR) is 133 cm³/mol. The Kier molecular flexibility index (Phi) is 6.13. The summed E-state index contributed by atoms with van der Waals surface area (Å²) in [6.45, 7) is 5.77. The number of amides is 1. The van der Waals surface area contributed by atoms with E-state index in [4.69, 9.17) is 4.74 Å². The van der Waals surface area contributed by atoms with Crippen LogP contribution in [0.3, 0.4) is 0 Å². The fraction of sp³-hybridized carbons (Fsp3) is 0.185. The number of carbonyl (C=O) groups excluding carboxylic acids is 2. The van der Waals surface area contributed by atoms with Gasteiger partial charge < -0.3 is 9.84 Å². The number of carbonyl (C=O) groups is 2. The third kappa shape index (κ3) is 3.95. The number of aliphatic hydroxyl groups is 1. The molecule has 0 aromatic heterocycles. The van der Waals surface area contributed by atoms with Crippen LogP contribution in [-0.2, 0) is 9.59 Å². The minimum absolute atomic E-state index is 0.0335. The van der Waals surface area contributed by atoms with Crippen LogP contribution >= 0.6 is 15.9 Å². The molecule has 1 aliphatic rings. The highest BCUT2D eigenvalue weighted by Gasteiger charge is 2.48. The molecule has 1 unspecified atom stereocenters. The monoisotopic (exact) mass is 505 g/mol. The topological polar surface area (TPSA) is 66.8 Å². The lowest BCUT2D eigenvalue weighted by molar-refractivity contribution is -0.132. The maximum Gasteiger partial charge on any atom is 0.300 e. The van der Waals surface area contributed by atoms with E-state index in [1.54, 1.807) is 25.3 Å². The van der Waals surface area contributed by atoms with Crippen molar-refractivity contribution >= 4 is 39.1 Å². The van der Waals surface area contributed by atoms with E-state index in [1.165, 1.54) is 4.90 Å². The standard InChI is InChI=1S/C27H24BrNO4/c1-15-9-12-21(17(3)13-15)29-24(19-7-5-6-8-22(19)33-4)23(26(31)27(29)32)25(30)18-10-11-20(28)16(2)14-18/h5-14,24,30H,1-4H3/b25-23+. The summed E-state index contributed by atoms with van der Waals surface area (Å²) >= 11 is 3.46. The van der Waals surface area contributed by atoms with Gasteiger partial charge in [0.2, 0.25) is 0 Å². The van der Waals surface area contributed by atoms with E-state index in [-0.39, 0.29) is 11.3 Å². The Morgan fingerprint density at radius 1 is 0.970 bits per heavy atom. The van der Waals surface area contributed by atoms with Gasteiger partial charge >= 0.3 is 0 Å². The van der Waals surface area contributed by atoms with Gasteiger partial charge in [-0.1, -0.05) is 57.9 Å². The highest BCUT2D eigenvalue weighted by molar-refractivity contribution is 9.10. The van der Waals surface area contributed by atoms with Gasteiger partial charge in [-0.05, 0) is 56.2 Å². The molecule has 4 rings (SSSR count). The predicted octanol–water partition coefficient (Wildman–Crippen LogP) is 6.01. The largest absolute Gasteiger partial charge is 0.507 e. The molecule has 1 amide bonds. The number of aryl methyl sites for hydroxylation is 3. The maximum absolute atomic E-state index is 13.4. The molecule has 5 nitrogen and oxygen atoms in total.